The van der Waals surface area contributed by atoms with Gasteiger partial charge in [0.05, 0.1) is 0 Å². The minimum absolute atomic E-state index is 0.440. The van der Waals surface area contributed by atoms with Crippen LogP contribution in [0.15, 0.2) is 158 Å². The van der Waals surface area contributed by atoms with Crippen molar-refractivity contribution in [1.29, 1.82) is 0 Å². The lowest BCUT2D eigenvalue weighted by Gasteiger charge is -2.26. The largest absolute Gasteiger partial charge is 0.534 e. The van der Waals surface area contributed by atoms with Gasteiger partial charge in [0.1, 0.15) is 5.75 Å². The molecule has 260 valence electrons. The van der Waals surface area contributed by atoms with E-state index >= 15 is 0 Å². The first kappa shape index (κ1) is 33.2. The van der Waals surface area contributed by atoms with Gasteiger partial charge in [0.25, 0.3) is 0 Å². The number of anilines is 3. The van der Waals surface area contributed by atoms with Gasteiger partial charge >= 0.3 is 15.6 Å². The Morgan fingerprint density at radius 2 is 0.868 bits per heavy atom. The molecule has 0 bridgehead atoms. The van der Waals surface area contributed by atoms with Crippen LogP contribution in [0.4, 0.5) is 30.2 Å². The van der Waals surface area contributed by atoms with Gasteiger partial charge < -0.3 is 9.08 Å². The second kappa shape index (κ2) is 12.8. The van der Waals surface area contributed by atoms with E-state index in [-0.39, 0.29) is 0 Å². The van der Waals surface area contributed by atoms with E-state index in [1.165, 1.54) is 52.5 Å². The number of benzene rings is 7. The monoisotopic (exact) mass is 757 g/mol. The summed E-state index contributed by atoms with van der Waals surface area (Å²) in [5, 5.41) is 4.85. The van der Waals surface area contributed by atoms with Gasteiger partial charge in [-0.15, -0.1) is 22.7 Å². The molecule has 0 unspecified atom stereocenters. The third-order valence-corrected chi connectivity index (χ3v) is 12.7. The van der Waals surface area contributed by atoms with Crippen molar-refractivity contribution in [3.05, 3.63) is 158 Å². The summed E-state index contributed by atoms with van der Waals surface area (Å²) in [6.45, 7) is 0. The maximum absolute atomic E-state index is 13.0. The Hall–Kier alpha value is -5.68. The lowest BCUT2D eigenvalue weighted by Crippen LogP contribution is -2.28. The molecule has 10 heteroatoms. The summed E-state index contributed by atoms with van der Waals surface area (Å²) >= 11 is 3.52. The van der Waals surface area contributed by atoms with Gasteiger partial charge in [-0.05, 0) is 82.9 Å². The van der Waals surface area contributed by atoms with Crippen molar-refractivity contribution in [2.45, 2.75) is 5.51 Å². The quantitative estimate of drug-likeness (QED) is 0.120. The first-order chi connectivity index (χ1) is 25.6. The first-order valence-corrected chi connectivity index (χ1v) is 19.6. The van der Waals surface area contributed by atoms with Crippen molar-refractivity contribution < 1.29 is 25.8 Å². The maximum atomic E-state index is 13.0. The van der Waals surface area contributed by atoms with E-state index < -0.39 is 21.4 Å². The van der Waals surface area contributed by atoms with Crippen LogP contribution in [0.1, 0.15) is 0 Å². The Bertz CT molecular complexity index is 2760. The maximum Gasteiger partial charge on any atom is 0.534 e. The molecule has 53 heavy (non-hydrogen) atoms. The van der Waals surface area contributed by atoms with Crippen LogP contribution in [0.25, 0.3) is 62.6 Å². The number of fused-ring (bicyclic) bond motifs is 6. The van der Waals surface area contributed by atoms with Gasteiger partial charge in [-0.3, -0.25) is 0 Å². The molecule has 0 spiro atoms. The number of alkyl halides is 3. The molecule has 0 atom stereocenters. The van der Waals surface area contributed by atoms with Crippen LogP contribution < -0.4 is 9.08 Å². The predicted octanol–water partition coefficient (Wildman–Crippen LogP) is 13.5. The highest BCUT2D eigenvalue weighted by Crippen LogP contribution is 2.43. The normalized spacial score (nSPS) is 12.2. The van der Waals surface area contributed by atoms with Gasteiger partial charge in [0, 0.05) is 57.4 Å². The zero-order valence-electron chi connectivity index (χ0n) is 27.5. The van der Waals surface area contributed by atoms with Crippen LogP contribution in [-0.2, 0) is 10.1 Å². The summed E-state index contributed by atoms with van der Waals surface area (Å²) < 4.78 is 71.7. The summed E-state index contributed by atoms with van der Waals surface area (Å²) in [4.78, 5) is 1.97. The van der Waals surface area contributed by atoms with Crippen molar-refractivity contribution in [2.24, 2.45) is 0 Å². The van der Waals surface area contributed by atoms with E-state index in [0.717, 1.165) is 33.6 Å². The average Bonchev–Trinajstić information content (AvgIpc) is 3.75. The van der Waals surface area contributed by atoms with Crippen molar-refractivity contribution in [3.8, 4) is 28.0 Å². The van der Waals surface area contributed by atoms with E-state index in [1.54, 1.807) is 34.8 Å². The number of hydrogen-bond acceptors (Lipinski definition) is 6. The highest BCUT2D eigenvalue weighted by Gasteiger charge is 2.48. The molecule has 2 heterocycles. The lowest BCUT2D eigenvalue weighted by molar-refractivity contribution is -0.0500. The van der Waals surface area contributed by atoms with Crippen LogP contribution in [0, 0.1) is 0 Å². The van der Waals surface area contributed by atoms with E-state index in [4.69, 9.17) is 0 Å². The second-order valence-corrected chi connectivity index (χ2v) is 16.1. The molecule has 0 aliphatic carbocycles. The van der Waals surface area contributed by atoms with Crippen LogP contribution in [0.5, 0.6) is 5.75 Å². The minimum atomic E-state index is -5.81. The Morgan fingerprint density at radius 1 is 0.472 bits per heavy atom. The molecule has 0 saturated carbocycles. The summed E-state index contributed by atoms with van der Waals surface area (Å²) in [5.41, 5.74) is 0.976. The van der Waals surface area contributed by atoms with Gasteiger partial charge in [0.2, 0.25) is 0 Å². The average molecular weight is 758 g/mol. The molecule has 0 saturated heterocycles. The van der Waals surface area contributed by atoms with E-state index in [2.05, 4.69) is 101 Å². The topological polar surface area (TPSA) is 46.6 Å². The van der Waals surface area contributed by atoms with E-state index in [1.807, 2.05) is 41.3 Å². The Morgan fingerprint density at radius 3 is 1.30 bits per heavy atom. The third kappa shape index (κ3) is 5.89. The number of nitrogens with zero attached hydrogens (tertiary/aromatic N) is 1. The number of thiophene rings is 2. The van der Waals surface area contributed by atoms with Gasteiger partial charge in [-0.2, -0.15) is 21.6 Å². The molecule has 2 aromatic heterocycles. The Kier molecular flexibility index (Phi) is 7.99. The molecule has 0 N–H and O–H groups in total. The fourth-order valence-electron chi connectivity index (χ4n) is 6.80. The molecule has 9 aromatic rings. The molecule has 0 radical (unpaired) electrons. The predicted molar refractivity (Wildman–Crippen MR) is 213 cm³/mol. The molecule has 9 rings (SSSR count). The van der Waals surface area contributed by atoms with Crippen LogP contribution >= 0.6 is 22.7 Å². The number of rotatable bonds is 7. The van der Waals surface area contributed by atoms with Crippen molar-refractivity contribution in [3.63, 3.8) is 0 Å². The van der Waals surface area contributed by atoms with Gasteiger partial charge in [-0.25, -0.2) is 0 Å². The van der Waals surface area contributed by atoms with Crippen LogP contribution in [0.2, 0.25) is 0 Å². The van der Waals surface area contributed by atoms with Crippen molar-refractivity contribution in [1.82, 2.24) is 0 Å². The number of hydrogen-bond donors (Lipinski definition) is 0. The van der Waals surface area contributed by atoms with Crippen molar-refractivity contribution >= 4 is 90.2 Å². The Balaban J connectivity index is 1.11. The summed E-state index contributed by atoms with van der Waals surface area (Å²) in [5.74, 6) is -0.440. The van der Waals surface area contributed by atoms with Crippen LogP contribution in [-0.4, -0.2) is 13.9 Å². The molecular weight excluding hydrogens is 732 g/mol. The van der Waals surface area contributed by atoms with Crippen molar-refractivity contribution in [2.75, 3.05) is 4.90 Å². The van der Waals surface area contributed by atoms with Gasteiger partial charge in [0.15, 0.2) is 0 Å². The molecular formula is C43H26F3NO3S3. The summed E-state index contributed by atoms with van der Waals surface area (Å²) in [7, 11) is -5.81. The molecule has 0 fully saturated rings. The zero-order valence-corrected chi connectivity index (χ0v) is 30.0. The minimum Gasteiger partial charge on any atom is -0.376 e. The fraction of sp³-hybridized carbons (Fsp3) is 0.0233. The fourth-order valence-corrected chi connectivity index (χ4v) is 9.74. The molecule has 0 aliphatic heterocycles. The highest BCUT2D eigenvalue weighted by atomic mass is 32.2. The molecule has 4 nitrogen and oxygen atoms in total. The second-order valence-electron chi connectivity index (χ2n) is 12.5. The zero-order chi connectivity index (χ0) is 36.3. The first-order valence-electron chi connectivity index (χ1n) is 16.6. The molecule has 7 aromatic carbocycles. The summed E-state index contributed by atoms with van der Waals surface area (Å²) in [6.07, 6.45) is 0. The van der Waals surface area contributed by atoms with E-state index in [9.17, 15) is 21.6 Å². The molecule has 0 amide bonds. The number of halogens is 3. The van der Waals surface area contributed by atoms with Gasteiger partial charge in [-0.1, -0.05) is 97.1 Å². The standard InChI is InChI=1S/C43H26F3NO3S3/c44-43(45,46)53(48,49)50-32-25-23-31(24-26-32)47(29-19-15-27(16-20-29)33-9-5-11-37-35-7-1-3-13-39(35)51-41(33)37)30-21-17-28(18-22-30)34-10-6-12-38-36-8-2-4-14-40(36)52-42(34)38/h1-26H. The van der Waals surface area contributed by atoms with Crippen LogP contribution in [0.3, 0.4) is 0 Å². The summed E-state index contributed by atoms with van der Waals surface area (Å²) in [6, 6.07) is 51.2. The SMILES string of the molecule is O=S(=O)(Oc1ccc(N(c2ccc(-c3cccc4c3sc3ccccc34)cc2)c2ccc(-c3cccc4c3sc3ccccc34)cc2)cc1)C(F)(F)F. The smallest absolute Gasteiger partial charge is 0.376 e. The highest BCUT2D eigenvalue weighted by molar-refractivity contribution is 7.88. The third-order valence-electron chi connectivity index (χ3n) is 9.27. The lowest BCUT2D eigenvalue weighted by atomic mass is 10.0. The van der Waals surface area contributed by atoms with E-state index in [0.29, 0.717) is 5.69 Å². The molecule has 0 aliphatic rings. The Labute approximate surface area is 310 Å².